The molecule has 9 heteroatoms. The van der Waals surface area contributed by atoms with Crippen molar-refractivity contribution in [2.24, 2.45) is 20.0 Å². The monoisotopic (exact) mass is 1190 g/mol. The fourth-order valence-corrected chi connectivity index (χ4v) is 9.50. The molecule has 74 heavy (non-hydrogen) atoms. The maximum atomic E-state index is 5.55. The molecule has 0 saturated heterocycles. The van der Waals surface area contributed by atoms with Gasteiger partial charge in [0.25, 0.3) is 0 Å². The van der Waals surface area contributed by atoms with Gasteiger partial charge in [-0.1, -0.05) is 220 Å². The van der Waals surface area contributed by atoms with E-state index in [0.29, 0.717) is 60.0 Å². The van der Waals surface area contributed by atoms with Crippen molar-refractivity contribution in [3.8, 4) is 0 Å². The predicted octanol–water partition coefficient (Wildman–Crippen LogP) is 22.2. The number of halogens is 3. The van der Waals surface area contributed by atoms with Crippen LogP contribution in [0.3, 0.4) is 0 Å². The van der Waals surface area contributed by atoms with Gasteiger partial charge in [-0.05, 0) is 111 Å². The molecule has 0 bridgehead atoms. The van der Waals surface area contributed by atoms with E-state index < -0.39 is 0 Å². The summed E-state index contributed by atoms with van der Waals surface area (Å²) in [6.45, 7) is 40.2. The van der Waals surface area contributed by atoms with E-state index in [-0.39, 0.29) is 7.43 Å². The van der Waals surface area contributed by atoms with Crippen molar-refractivity contribution in [2.75, 3.05) is 0 Å². The normalized spacial score (nSPS) is 13.7. The van der Waals surface area contributed by atoms with Crippen LogP contribution in [0.25, 0.3) is 10.8 Å². The summed E-state index contributed by atoms with van der Waals surface area (Å²) >= 11 is 2.79. The molecule has 0 N–H and O–H groups in total. The average Bonchev–Trinajstić information content (AvgIpc) is 3.64. The summed E-state index contributed by atoms with van der Waals surface area (Å²) in [5, 5.41) is 2.49. The molecule has 1 aliphatic rings. The van der Waals surface area contributed by atoms with Crippen LogP contribution >= 0.6 is 29.9 Å². The number of para-hydroxylation sites is 4. The van der Waals surface area contributed by atoms with E-state index in [1.165, 1.54) is 66.4 Å². The first-order valence-corrected chi connectivity index (χ1v) is 30.6. The van der Waals surface area contributed by atoms with Crippen molar-refractivity contribution in [1.82, 2.24) is 0 Å². The minimum atomic E-state index is 0. The maximum absolute atomic E-state index is 5.55. The zero-order chi connectivity index (χ0) is 54.4. The van der Waals surface area contributed by atoms with Crippen LogP contribution < -0.4 is 0 Å². The molecule has 4 nitrogen and oxygen atoms in total. The van der Waals surface area contributed by atoms with Crippen molar-refractivity contribution in [1.29, 1.82) is 0 Å². The first-order chi connectivity index (χ1) is 34.6. The molecule has 0 aliphatic heterocycles. The number of hydrogen-bond acceptors (Lipinski definition) is 4. The Bertz CT molecular complexity index is 2630. The molecule has 6 aromatic carbocycles. The van der Waals surface area contributed by atoms with Crippen LogP contribution in [0.5, 0.6) is 0 Å². The summed E-state index contributed by atoms with van der Waals surface area (Å²) in [5.41, 5.74) is 21.1. The van der Waals surface area contributed by atoms with E-state index >= 15 is 0 Å². The van der Waals surface area contributed by atoms with Gasteiger partial charge in [0.05, 0.1) is 45.6 Å². The van der Waals surface area contributed by atoms with Crippen LogP contribution in [0.1, 0.15) is 228 Å². The van der Waals surface area contributed by atoms with Crippen molar-refractivity contribution >= 4 is 86.3 Å². The molecule has 6 aromatic rings. The van der Waals surface area contributed by atoms with Gasteiger partial charge in [-0.3, -0.25) is 9.98 Å². The zero-order valence-corrected chi connectivity index (χ0v) is 52.4. The molecule has 0 heterocycles. The van der Waals surface area contributed by atoms with Crippen molar-refractivity contribution in [2.45, 2.75) is 172 Å². The van der Waals surface area contributed by atoms with E-state index in [1.807, 2.05) is 0 Å². The van der Waals surface area contributed by atoms with Crippen molar-refractivity contribution in [3.05, 3.63) is 172 Å². The van der Waals surface area contributed by atoms with E-state index in [2.05, 4.69) is 262 Å². The Labute approximate surface area is 477 Å². The fourth-order valence-electron chi connectivity index (χ4n) is 9.50. The van der Waals surface area contributed by atoms with Crippen LogP contribution in [-0.4, -0.2) is 22.8 Å². The molecule has 0 amide bonds. The molecule has 404 valence electrons. The second-order valence-corrected chi connectivity index (χ2v) is 23.1. The van der Waals surface area contributed by atoms with Gasteiger partial charge in [0.2, 0.25) is 0 Å². The molecule has 0 aromatic heterocycles. The Hall–Kier alpha value is -3.71. The molecule has 0 unspecified atom stereocenters. The summed E-state index contributed by atoms with van der Waals surface area (Å²) in [5.74, 6) is 3.24. The van der Waals surface area contributed by atoms with Crippen LogP contribution in [0, 0.1) is 7.43 Å². The van der Waals surface area contributed by atoms with E-state index in [1.54, 1.807) is 0 Å². The van der Waals surface area contributed by atoms with E-state index in [0.717, 1.165) is 45.6 Å². The Morgan fingerprint density at radius 2 is 0.568 bits per heavy atom. The van der Waals surface area contributed by atoms with Gasteiger partial charge in [0, 0.05) is 16.5 Å². The Morgan fingerprint density at radius 1 is 0.365 bits per heavy atom. The van der Waals surface area contributed by atoms with Crippen LogP contribution in [0.2, 0.25) is 0 Å². The van der Waals surface area contributed by atoms with Crippen molar-refractivity contribution in [3.63, 3.8) is 0 Å². The van der Waals surface area contributed by atoms with Gasteiger partial charge in [-0.15, -0.1) is 0 Å². The third-order valence-corrected chi connectivity index (χ3v) is 13.5. The van der Waals surface area contributed by atoms with Gasteiger partial charge >= 0.3 is 60.8 Å². The molecule has 0 saturated carbocycles. The second kappa shape index (κ2) is 30.3. The number of hydrogen-bond donors (Lipinski definition) is 0. The number of benzene rings is 6. The van der Waals surface area contributed by atoms with Crippen LogP contribution in [0.4, 0.5) is 22.7 Å². The molecule has 0 atom stereocenters. The van der Waals surface area contributed by atoms with E-state index in [4.69, 9.17) is 40.4 Å². The topological polar surface area (TPSA) is 49.4 Å². The summed E-state index contributed by atoms with van der Waals surface area (Å²) in [6, 6.07) is 39.6. The molecule has 0 spiro atoms. The van der Waals surface area contributed by atoms with Crippen LogP contribution in [-0.2, 0) is 30.8 Å². The van der Waals surface area contributed by atoms with Gasteiger partial charge in [-0.25, -0.2) is 9.98 Å². The molecular weight excluding hydrogens is 1110 g/mol. The summed E-state index contributed by atoms with van der Waals surface area (Å²) < 4.78 is 0. The quantitative estimate of drug-likeness (QED) is 0.0629. The Kier molecular flexibility index (Phi) is 26.4. The van der Waals surface area contributed by atoms with Crippen LogP contribution in [0.15, 0.2) is 129 Å². The fraction of sp³-hybridized carbons (Fsp3) is 0.400. The Balaban J connectivity index is 0.000000364. The molecule has 0 radical (unpaired) electrons. The first-order valence-electron chi connectivity index (χ1n) is 25.9. The number of rotatable bonds is 13. The average molecular weight is 1190 g/mol. The standard InChI is InChI=1S/C36H40N2.C28H40N2.CH3.3ClH.Ni.Pd/c1-21(2)26-15-11-16-27(22(3)4)33(26)37-35-30-19-9-13-25-14-10-20-31(32(25)30)36(35)38-34-28(23(5)6)17-12-18-29(34)24(7)8;1-17(2)23-13-11-14-24(18(3)4)27(23)29-21(9)22(10)30-28-25(19(5)6)15-12-16-26(28)20(7)8;;;;;;/h9-24H,1-8H3;11-20H,1-10H3;1H3;3*1H;;/q;;-1;;;;2*+2/p-3. The minimum absolute atomic E-state index is 0. The first kappa shape index (κ1) is 64.6. The van der Waals surface area contributed by atoms with Gasteiger partial charge in [0.1, 0.15) is 0 Å². The summed E-state index contributed by atoms with van der Waals surface area (Å²) in [4.78, 5) is 21.4. The van der Waals surface area contributed by atoms with Gasteiger partial charge in [-0.2, -0.15) is 0 Å². The number of nitrogens with zero attached hydrogens (tertiary/aromatic N) is 4. The molecule has 7 rings (SSSR count). The number of aliphatic imine (C=N–C) groups is 4. The summed E-state index contributed by atoms with van der Waals surface area (Å²) in [7, 11) is 13.9. The molecule has 1 aliphatic carbocycles. The Morgan fingerprint density at radius 3 is 0.784 bits per heavy atom. The van der Waals surface area contributed by atoms with E-state index in [9.17, 15) is 0 Å². The third-order valence-electron chi connectivity index (χ3n) is 13.5. The second-order valence-electron chi connectivity index (χ2n) is 21.4. The third kappa shape index (κ3) is 15.7. The predicted molar refractivity (Wildman–Crippen MR) is 324 cm³/mol. The SMILES string of the molecule is CC(=Nc1c(C(C)C)cccc1C(C)C)C(C)=Nc1c(C(C)C)cccc1C(C)C.CC(C)c1cccc(C(C)C)c1N=C1C(=Nc2c(C(C)C)cccc2C(C)C)c2cccc3cccc1c23.[CH3-].[Cl][Ni][Cl].[Cl][Pd+]. The summed E-state index contributed by atoms with van der Waals surface area (Å²) in [6.07, 6.45) is 0. The zero-order valence-electron chi connectivity index (χ0n) is 47.6. The molecular formula is C65H83Cl3N4NiPd. The van der Waals surface area contributed by atoms with Gasteiger partial charge < -0.3 is 7.43 Å². The molecule has 0 fully saturated rings. The van der Waals surface area contributed by atoms with Crippen molar-refractivity contribution < 1.29 is 30.8 Å². The van der Waals surface area contributed by atoms with Gasteiger partial charge in [0.15, 0.2) is 0 Å².